The van der Waals surface area contributed by atoms with Gasteiger partial charge in [0.2, 0.25) is 0 Å². The van der Waals surface area contributed by atoms with Crippen molar-refractivity contribution in [3.05, 3.63) is 0 Å². The van der Waals surface area contributed by atoms with E-state index in [9.17, 15) is 56.3 Å². The molecule has 3 rings (SSSR count). The second-order valence-corrected chi connectivity index (χ2v) is 9.43. The minimum absolute atomic E-state index is 0.190. The Morgan fingerprint density at radius 2 is 1.10 bits per heavy atom. The first kappa shape index (κ1) is 32.8. The average molecular weight is 580 g/mol. The van der Waals surface area contributed by atoms with Crippen LogP contribution in [0.5, 0.6) is 0 Å². The highest BCUT2D eigenvalue weighted by atomic mass is 16.7. The zero-order chi connectivity index (χ0) is 29.0. The molecule has 0 amide bonds. The molecule has 0 radical (unpaired) electrons. The van der Waals surface area contributed by atoms with Crippen LogP contribution in [-0.2, 0) is 28.4 Å². The maximum atomic E-state index is 10.8. The summed E-state index contributed by atoms with van der Waals surface area (Å²) in [5.74, 6) is 0. The standard InChI is InChI=1S/C20H38N2O17/c1-22(33)21-5-35-18-14(30)13(29)10(26)8(38-18)4-34-19-16(32)17(11(27)7(3-24)36-19)39-20-15(31)12(28)9(25)6(2-23)37-20/h6-21,23-33H,2-5H2,1H3/p+1/t6-,7-,8-,9-,10-,11-,12+,13+,14-,15-,16-,17+,18-,19-,20+/m1/s1. The Hall–Kier alpha value is -0.760. The molecular weight excluding hydrogens is 540 g/mol. The predicted molar refractivity (Wildman–Crippen MR) is 117 cm³/mol. The molecule has 0 spiro atoms. The molecule has 1 unspecified atom stereocenters. The zero-order valence-electron chi connectivity index (χ0n) is 20.9. The van der Waals surface area contributed by atoms with Crippen molar-refractivity contribution in [1.29, 1.82) is 0 Å². The summed E-state index contributed by atoms with van der Waals surface area (Å²) in [6.07, 6.45) is -24.5. The number of aliphatic hydroxyl groups excluding tert-OH is 10. The second kappa shape index (κ2) is 14.4. The Kier molecular flexibility index (Phi) is 12.1. The minimum atomic E-state index is -1.85. The fraction of sp³-hybridized carbons (Fsp3) is 1.00. The third-order valence-electron chi connectivity index (χ3n) is 6.63. The van der Waals surface area contributed by atoms with Crippen LogP contribution in [0.2, 0.25) is 0 Å². The smallest absolute Gasteiger partial charge is 0.188 e. The minimum Gasteiger partial charge on any atom is -0.394 e. The van der Waals surface area contributed by atoms with Gasteiger partial charge in [-0.2, -0.15) is 5.21 Å². The van der Waals surface area contributed by atoms with Gasteiger partial charge >= 0.3 is 0 Å². The Labute approximate surface area is 221 Å². The van der Waals surface area contributed by atoms with Crippen molar-refractivity contribution in [2.45, 2.75) is 92.1 Å². The quantitative estimate of drug-likeness (QED) is 0.0798. The Bertz CT molecular complexity index is 738. The van der Waals surface area contributed by atoms with E-state index < -0.39 is 112 Å². The van der Waals surface area contributed by atoms with Gasteiger partial charge in [0.25, 0.3) is 0 Å². The summed E-state index contributed by atoms with van der Waals surface area (Å²) in [5, 5.41) is 110. The van der Waals surface area contributed by atoms with E-state index in [0.717, 1.165) is 0 Å². The number of hydrogen-bond acceptors (Lipinski definition) is 18. The maximum absolute atomic E-state index is 10.8. The van der Waals surface area contributed by atoms with E-state index in [1.807, 2.05) is 0 Å². The summed E-state index contributed by atoms with van der Waals surface area (Å²) in [6.45, 7) is -2.43. The number of quaternary nitrogens is 1. The highest BCUT2D eigenvalue weighted by Crippen LogP contribution is 2.30. The van der Waals surface area contributed by atoms with E-state index in [2.05, 4.69) is 5.43 Å². The molecule has 3 heterocycles. The third-order valence-corrected chi connectivity index (χ3v) is 6.63. The SMILES string of the molecule is C[NH+](O)NCO[C@@H]1O[C@H](CO[C@@H]2O[C@H](CO)[C@@H](O)[C@H](O[C@@H]3O[C@H](CO)[C@@H](O)[C@H](O)[C@H]3O)[C@H]2O)[C@@H](O)[C@H](O)[C@H]1O. The predicted octanol–water partition coefficient (Wildman–Crippen LogP) is -9.18. The van der Waals surface area contributed by atoms with Crippen molar-refractivity contribution in [3.63, 3.8) is 0 Å². The summed E-state index contributed by atoms with van der Waals surface area (Å²) < 4.78 is 32.2. The summed E-state index contributed by atoms with van der Waals surface area (Å²) in [6, 6.07) is 0. The van der Waals surface area contributed by atoms with Crippen LogP contribution in [-0.4, -0.2) is 182 Å². The summed E-state index contributed by atoms with van der Waals surface area (Å²) in [7, 11) is 1.33. The van der Waals surface area contributed by atoms with Crippen molar-refractivity contribution < 1.29 is 89.9 Å². The van der Waals surface area contributed by atoms with Gasteiger partial charge in [0.1, 0.15) is 87.0 Å². The van der Waals surface area contributed by atoms with Gasteiger partial charge < -0.3 is 79.5 Å². The van der Waals surface area contributed by atoms with Crippen LogP contribution in [0, 0.1) is 0 Å². The molecule has 0 bridgehead atoms. The molecule has 0 saturated carbocycles. The Morgan fingerprint density at radius 1 is 0.615 bits per heavy atom. The lowest BCUT2D eigenvalue weighted by Gasteiger charge is -2.46. The summed E-state index contributed by atoms with van der Waals surface area (Å²) >= 11 is 0. The average Bonchev–Trinajstić information content (AvgIpc) is 2.90. The van der Waals surface area contributed by atoms with Gasteiger partial charge in [0, 0.05) is 0 Å². The number of rotatable bonds is 11. The first-order chi connectivity index (χ1) is 18.4. The molecule has 19 nitrogen and oxygen atoms in total. The number of nitrogens with one attached hydrogen (secondary N) is 2. The second-order valence-electron chi connectivity index (χ2n) is 9.43. The number of hydrogen-bond donors (Lipinski definition) is 13. The third kappa shape index (κ3) is 7.55. The van der Waals surface area contributed by atoms with Gasteiger partial charge in [-0.1, -0.05) is 0 Å². The van der Waals surface area contributed by atoms with Gasteiger partial charge in [0.05, 0.1) is 19.8 Å². The van der Waals surface area contributed by atoms with Crippen molar-refractivity contribution >= 4 is 0 Å². The van der Waals surface area contributed by atoms with E-state index in [1.54, 1.807) is 0 Å². The van der Waals surface area contributed by atoms with E-state index in [4.69, 9.17) is 28.4 Å². The molecule has 3 saturated heterocycles. The lowest BCUT2D eigenvalue weighted by molar-refractivity contribution is -1.11. The van der Waals surface area contributed by atoms with Crippen molar-refractivity contribution in [2.24, 2.45) is 0 Å². The van der Waals surface area contributed by atoms with Crippen LogP contribution in [0.3, 0.4) is 0 Å². The number of aliphatic hydroxyl groups is 10. The van der Waals surface area contributed by atoms with Crippen molar-refractivity contribution in [1.82, 2.24) is 5.43 Å². The topological polar surface area (TPSA) is 294 Å². The zero-order valence-corrected chi connectivity index (χ0v) is 20.9. The Balaban J connectivity index is 1.66. The van der Waals surface area contributed by atoms with Crippen molar-refractivity contribution in [3.8, 4) is 0 Å². The van der Waals surface area contributed by atoms with Crippen LogP contribution >= 0.6 is 0 Å². The fourth-order valence-corrected chi connectivity index (χ4v) is 4.30. The molecule has 230 valence electrons. The van der Waals surface area contributed by atoms with Crippen molar-refractivity contribution in [2.75, 3.05) is 33.6 Å². The van der Waals surface area contributed by atoms with Crippen LogP contribution in [0.15, 0.2) is 0 Å². The van der Waals surface area contributed by atoms with Gasteiger partial charge in [-0.05, 0) is 0 Å². The van der Waals surface area contributed by atoms with E-state index in [-0.39, 0.29) is 11.9 Å². The van der Waals surface area contributed by atoms with E-state index in [1.165, 1.54) is 7.05 Å². The fourth-order valence-electron chi connectivity index (χ4n) is 4.30. The molecule has 19 heteroatoms. The van der Waals surface area contributed by atoms with Crippen LogP contribution in [0.1, 0.15) is 0 Å². The molecule has 0 aromatic rings. The molecule has 0 aliphatic carbocycles. The molecule has 39 heavy (non-hydrogen) atoms. The molecule has 3 fully saturated rings. The van der Waals surface area contributed by atoms with Crippen LogP contribution in [0.25, 0.3) is 0 Å². The molecule has 3 aliphatic heterocycles. The van der Waals surface area contributed by atoms with Crippen LogP contribution < -0.4 is 10.6 Å². The molecule has 0 aromatic carbocycles. The molecule has 16 atom stereocenters. The first-order valence-corrected chi connectivity index (χ1v) is 12.2. The maximum Gasteiger partial charge on any atom is 0.188 e. The first-order valence-electron chi connectivity index (χ1n) is 12.2. The lowest BCUT2D eigenvalue weighted by atomic mass is 9.97. The van der Waals surface area contributed by atoms with Gasteiger partial charge in [-0.3, -0.25) is 0 Å². The van der Waals surface area contributed by atoms with Crippen LogP contribution in [0.4, 0.5) is 0 Å². The lowest BCUT2D eigenvalue weighted by Crippen LogP contribution is -3.13. The summed E-state index contributed by atoms with van der Waals surface area (Å²) in [4.78, 5) is 0. The normalized spacial score (nSPS) is 48.2. The van der Waals surface area contributed by atoms with E-state index in [0.29, 0.717) is 0 Å². The Morgan fingerprint density at radius 3 is 1.69 bits per heavy atom. The molecule has 3 aliphatic rings. The largest absolute Gasteiger partial charge is 0.394 e. The number of ether oxygens (including phenoxy) is 6. The monoisotopic (exact) mass is 579 g/mol. The number of hydroxylamine groups is 1. The van der Waals surface area contributed by atoms with Gasteiger partial charge in [-0.15, -0.1) is 10.6 Å². The molecule has 13 N–H and O–H groups in total. The van der Waals surface area contributed by atoms with E-state index >= 15 is 0 Å². The highest BCUT2D eigenvalue weighted by Gasteiger charge is 2.51. The summed E-state index contributed by atoms with van der Waals surface area (Å²) in [5.41, 5.74) is 2.41. The van der Waals surface area contributed by atoms with Gasteiger partial charge in [-0.25, -0.2) is 0 Å². The van der Waals surface area contributed by atoms with Gasteiger partial charge in [0.15, 0.2) is 18.9 Å². The molecule has 0 aromatic heterocycles. The highest BCUT2D eigenvalue weighted by molar-refractivity contribution is 4.95. The molecular formula is C20H39N2O17+.